The maximum absolute atomic E-state index is 13.0. The molecule has 0 heterocycles. The number of rotatable bonds is 6. The molecular formula is C17H17Br2FO. The average Bonchev–Trinajstić information content (AvgIpc) is 2.49. The van der Waals surface area contributed by atoms with E-state index in [0.29, 0.717) is 5.92 Å². The molecule has 21 heavy (non-hydrogen) atoms. The molecule has 0 radical (unpaired) electrons. The van der Waals surface area contributed by atoms with Crippen LogP contribution in [0.4, 0.5) is 4.39 Å². The van der Waals surface area contributed by atoms with Crippen LogP contribution in [0.5, 0.6) is 5.75 Å². The first-order valence-electron chi connectivity index (χ1n) is 6.75. The van der Waals surface area contributed by atoms with Crippen LogP contribution in [0.2, 0.25) is 0 Å². The minimum Gasteiger partial charge on any atom is -0.496 e. The summed E-state index contributed by atoms with van der Waals surface area (Å²) in [6, 6.07) is 12.8. The zero-order valence-electron chi connectivity index (χ0n) is 11.8. The van der Waals surface area contributed by atoms with Gasteiger partial charge < -0.3 is 4.74 Å². The van der Waals surface area contributed by atoms with E-state index in [-0.39, 0.29) is 5.82 Å². The Labute approximate surface area is 141 Å². The summed E-state index contributed by atoms with van der Waals surface area (Å²) in [6.07, 6.45) is 1.81. The number of hydrogen-bond donors (Lipinski definition) is 0. The summed E-state index contributed by atoms with van der Waals surface area (Å²) < 4.78 is 19.4. The first-order chi connectivity index (χ1) is 10.1. The van der Waals surface area contributed by atoms with Gasteiger partial charge in [0.2, 0.25) is 0 Å². The van der Waals surface area contributed by atoms with Crippen LogP contribution in [0, 0.1) is 11.7 Å². The van der Waals surface area contributed by atoms with Gasteiger partial charge >= 0.3 is 0 Å². The quantitative estimate of drug-likeness (QED) is 0.574. The van der Waals surface area contributed by atoms with Gasteiger partial charge in [-0.2, -0.15) is 0 Å². The predicted octanol–water partition coefficient (Wildman–Crippen LogP) is 5.39. The third-order valence-electron chi connectivity index (χ3n) is 3.41. The Balaban J connectivity index is 2.11. The van der Waals surface area contributed by atoms with E-state index in [4.69, 9.17) is 4.74 Å². The molecule has 0 amide bonds. The summed E-state index contributed by atoms with van der Waals surface area (Å²) in [4.78, 5) is 0. The van der Waals surface area contributed by atoms with Crippen LogP contribution in [-0.2, 0) is 12.8 Å². The van der Waals surface area contributed by atoms with Crippen molar-refractivity contribution in [3.63, 3.8) is 0 Å². The second-order valence-electron chi connectivity index (χ2n) is 5.01. The smallest absolute Gasteiger partial charge is 0.123 e. The van der Waals surface area contributed by atoms with Crippen LogP contribution in [0.25, 0.3) is 0 Å². The molecule has 2 rings (SSSR count). The van der Waals surface area contributed by atoms with Crippen molar-refractivity contribution in [3.8, 4) is 5.75 Å². The maximum atomic E-state index is 13.0. The highest BCUT2D eigenvalue weighted by atomic mass is 79.9. The topological polar surface area (TPSA) is 9.23 Å². The lowest BCUT2D eigenvalue weighted by molar-refractivity contribution is 0.405. The molecule has 1 nitrogen and oxygen atoms in total. The summed E-state index contributed by atoms with van der Waals surface area (Å²) in [5, 5.41) is 0.889. The Bertz CT molecular complexity index is 584. The summed E-state index contributed by atoms with van der Waals surface area (Å²) in [5.41, 5.74) is 2.33. The van der Waals surface area contributed by atoms with Gasteiger partial charge in [-0.1, -0.05) is 44.0 Å². The Morgan fingerprint density at radius 3 is 2.43 bits per heavy atom. The van der Waals surface area contributed by atoms with Crippen LogP contribution in [0.1, 0.15) is 11.1 Å². The van der Waals surface area contributed by atoms with Crippen molar-refractivity contribution in [2.24, 2.45) is 5.92 Å². The van der Waals surface area contributed by atoms with Gasteiger partial charge in [0, 0.05) is 9.80 Å². The second-order valence-corrected chi connectivity index (χ2v) is 6.57. The van der Waals surface area contributed by atoms with Crippen LogP contribution in [0.3, 0.4) is 0 Å². The average molecular weight is 416 g/mol. The first-order valence-corrected chi connectivity index (χ1v) is 8.66. The number of halogens is 3. The molecular weight excluding hydrogens is 399 g/mol. The van der Waals surface area contributed by atoms with Crippen molar-refractivity contribution in [1.29, 1.82) is 0 Å². The van der Waals surface area contributed by atoms with Gasteiger partial charge in [-0.25, -0.2) is 4.39 Å². The molecule has 0 bridgehead atoms. The molecule has 4 heteroatoms. The van der Waals surface area contributed by atoms with Crippen molar-refractivity contribution < 1.29 is 9.13 Å². The monoisotopic (exact) mass is 414 g/mol. The van der Waals surface area contributed by atoms with E-state index in [2.05, 4.69) is 37.9 Å². The van der Waals surface area contributed by atoms with Gasteiger partial charge in [0.15, 0.2) is 0 Å². The third kappa shape index (κ3) is 4.82. The molecule has 0 fully saturated rings. The molecule has 1 atom stereocenters. The molecule has 0 aliphatic carbocycles. The SMILES string of the molecule is COc1ccc(Br)cc1CC(CBr)Cc1ccc(F)cc1. The Kier molecular flexibility index (Phi) is 6.24. The summed E-state index contributed by atoms with van der Waals surface area (Å²) >= 11 is 7.09. The lowest BCUT2D eigenvalue weighted by Gasteiger charge is -2.16. The molecule has 0 saturated carbocycles. The lowest BCUT2D eigenvalue weighted by Crippen LogP contribution is -2.11. The van der Waals surface area contributed by atoms with Crippen molar-refractivity contribution in [2.45, 2.75) is 12.8 Å². The normalized spacial score (nSPS) is 12.2. The summed E-state index contributed by atoms with van der Waals surface area (Å²) in [5.74, 6) is 1.14. The first kappa shape index (κ1) is 16.5. The fourth-order valence-corrected chi connectivity index (χ4v) is 3.22. The van der Waals surface area contributed by atoms with E-state index >= 15 is 0 Å². The van der Waals surface area contributed by atoms with Crippen molar-refractivity contribution in [2.75, 3.05) is 12.4 Å². The number of alkyl halides is 1. The molecule has 2 aromatic rings. The lowest BCUT2D eigenvalue weighted by atomic mass is 9.94. The van der Waals surface area contributed by atoms with Gasteiger partial charge in [0.1, 0.15) is 11.6 Å². The molecule has 0 aliphatic heterocycles. The largest absolute Gasteiger partial charge is 0.496 e. The van der Waals surface area contributed by atoms with E-state index in [1.165, 1.54) is 17.7 Å². The standard InChI is InChI=1S/C17H17Br2FO/c1-21-17-7-4-15(19)10-14(17)9-13(11-18)8-12-2-5-16(20)6-3-12/h2-7,10,13H,8-9,11H2,1H3. The summed E-state index contributed by atoms with van der Waals surface area (Å²) in [7, 11) is 1.69. The second kappa shape index (κ2) is 7.95. The molecule has 112 valence electrons. The zero-order valence-corrected chi connectivity index (χ0v) is 15.0. The number of hydrogen-bond acceptors (Lipinski definition) is 1. The Morgan fingerprint density at radius 1 is 1.10 bits per heavy atom. The molecule has 0 N–H and O–H groups in total. The van der Waals surface area contributed by atoms with Crippen LogP contribution < -0.4 is 4.74 Å². The van der Waals surface area contributed by atoms with E-state index in [0.717, 1.165) is 34.0 Å². The number of ether oxygens (including phenoxy) is 1. The molecule has 1 unspecified atom stereocenters. The van der Waals surface area contributed by atoms with Gasteiger partial charge in [0.25, 0.3) is 0 Å². The van der Waals surface area contributed by atoms with E-state index in [1.807, 2.05) is 24.3 Å². The Hall–Kier alpha value is -0.870. The van der Waals surface area contributed by atoms with Crippen LogP contribution >= 0.6 is 31.9 Å². The van der Waals surface area contributed by atoms with Gasteiger partial charge in [-0.15, -0.1) is 0 Å². The van der Waals surface area contributed by atoms with E-state index in [1.54, 1.807) is 7.11 Å². The maximum Gasteiger partial charge on any atom is 0.123 e. The highest BCUT2D eigenvalue weighted by molar-refractivity contribution is 9.10. The molecule has 0 aromatic heterocycles. The van der Waals surface area contributed by atoms with Crippen LogP contribution in [-0.4, -0.2) is 12.4 Å². The molecule has 0 saturated heterocycles. The van der Waals surface area contributed by atoms with Gasteiger partial charge in [0.05, 0.1) is 7.11 Å². The fraction of sp³-hybridized carbons (Fsp3) is 0.294. The zero-order chi connectivity index (χ0) is 15.2. The molecule has 0 spiro atoms. The minimum atomic E-state index is -0.192. The van der Waals surface area contributed by atoms with Crippen molar-refractivity contribution in [1.82, 2.24) is 0 Å². The van der Waals surface area contributed by atoms with Crippen LogP contribution in [0.15, 0.2) is 46.9 Å². The highest BCUT2D eigenvalue weighted by Crippen LogP contribution is 2.27. The third-order valence-corrected chi connectivity index (χ3v) is 4.82. The highest BCUT2D eigenvalue weighted by Gasteiger charge is 2.13. The van der Waals surface area contributed by atoms with Crippen molar-refractivity contribution >= 4 is 31.9 Å². The van der Waals surface area contributed by atoms with E-state index < -0.39 is 0 Å². The Morgan fingerprint density at radius 2 is 1.81 bits per heavy atom. The molecule has 0 aliphatic rings. The van der Waals surface area contributed by atoms with Crippen molar-refractivity contribution in [3.05, 3.63) is 63.9 Å². The van der Waals surface area contributed by atoms with Gasteiger partial charge in [-0.3, -0.25) is 0 Å². The predicted molar refractivity (Wildman–Crippen MR) is 91.8 cm³/mol. The van der Waals surface area contributed by atoms with Gasteiger partial charge in [-0.05, 0) is 60.2 Å². The minimum absolute atomic E-state index is 0.192. The number of methoxy groups -OCH3 is 1. The van der Waals surface area contributed by atoms with E-state index in [9.17, 15) is 4.39 Å². The molecule has 2 aromatic carbocycles. The summed E-state index contributed by atoms with van der Waals surface area (Å²) in [6.45, 7) is 0. The number of benzene rings is 2. The fourth-order valence-electron chi connectivity index (χ4n) is 2.35.